The molecule has 2 aromatic rings. The number of carbonyl (C=O) groups is 1. The number of nitrogens with zero attached hydrogens (tertiary/aromatic N) is 2. The number of hydrogen-bond acceptors (Lipinski definition) is 5. The molecule has 26 heavy (non-hydrogen) atoms. The maximum atomic E-state index is 12.8. The van der Waals surface area contributed by atoms with Crippen LogP contribution in [0.4, 0.5) is 5.13 Å². The molecule has 8 heteroatoms. The molecule has 0 radical (unpaired) electrons. The number of amides is 1. The molecule has 0 unspecified atom stereocenters. The Morgan fingerprint density at radius 3 is 2.62 bits per heavy atom. The minimum atomic E-state index is -3.56. The van der Waals surface area contributed by atoms with Gasteiger partial charge in [0.25, 0.3) is 5.91 Å². The number of carbonyl (C=O) groups excluding carboxylic acids is 1. The van der Waals surface area contributed by atoms with E-state index in [1.54, 1.807) is 18.2 Å². The van der Waals surface area contributed by atoms with Gasteiger partial charge in [0.15, 0.2) is 5.13 Å². The Bertz CT molecular complexity index is 885. The van der Waals surface area contributed by atoms with E-state index >= 15 is 0 Å². The number of sulfonamides is 1. The summed E-state index contributed by atoms with van der Waals surface area (Å²) < 4.78 is 27.1. The van der Waals surface area contributed by atoms with Crippen molar-refractivity contribution in [3.8, 4) is 0 Å². The first-order valence-electron chi connectivity index (χ1n) is 8.75. The molecular weight excluding hydrogens is 370 g/mol. The Labute approximate surface area is 158 Å². The Kier molecular flexibility index (Phi) is 5.74. The predicted octanol–water partition coefficient (Wildman–Crippen LogP) is 3.69. The van der Waals surface area contributed by atoms with Crippen molar-refractivity contribution in [1.82, 2.24) is 9.29 Å². The zero-order valence-electron chi connectivity index (χ0n) is 14.9. The fraction of sp³-hybridized carbons (Fsp3) is 0.444. The molecule has 140 valence electrons. The van der Waals surface area contributed by atoms with Crippen LogP contribution in [0, 0.1) is 0 Å². The van der Waals surface area contributed by atoms with Crippen molar-refractivity contribution >= 4 is 32.4 Å². The molecule has 0 spiro atoms. The number of rotatable bonds is 5. The van der Waals surface area contributed by atoms with E-state index in [0.29, 0.717) is 23.8 Å². The second-order valence-electron chi connectivity index (χ2n) is 6.68. The molecule has 1 amide bonds. The molecule has 2 heterocycles. The highest BCUT2D eigenvalue weighted by Crippen LogP contribution is 2.24. The molecule has 3 rings (SSSR count). The maximum Gasteiger partial charge on any atom is 0.257 e. The molecule has 0 aliphatic carbocycles. The Balaban J connectivity index is 1.78. The molecular formula is C18H23N3O3S2. The third-order valence-corrected chi connectivity index (χ3v) is 7.05. The first-order chi connectivity index (χ1) is 12.4. The van der Waals surface area contributed by atoms with Crippen LogP contribution in [0.1, 0.15) is 55.1 Å². The Morgan fingerprint density at radius 2 is 1.96 bits per heavy atom. The molecule has 6 nitrogen and oxygen atoms in total. The van der Waals surface area contributed by atoms with Crippen LogP contribution in [0.5, 0.6) is 0 Å². The lowest BCUT2D eigenvalue weighted by atomic mass is 10.2. The molecule has 1 fully saturated rings. The lowest BCUT2D eigenvalue weighted by molar-refractivity contribution is 0.102. The zero-order chi connectivity index (χ0) is 18.7. The molecule has 1 N–H and O–H groups in total. The smallest absolute Gasteiger partial charge is 0.257 e. The van der Waals surface area contributed by atoms with E-state index in [1.807, 2.05) is 19.2 Å². The van der Waals surface area contributed by atoms with Gasteiger partial charge in [-0.2, -0.15) is 4.31 Å². The van der Waals surface area contributed by atoms with Crippen LogP contribution in [-0.4, -0.2) is 36.7 Å². The lowest BCUT2D eigenvalue weighted by Crippen LogP contribution is -2.35. The van der Waals surface area contributed by atoms with Crippen molar-refractivity contribution in [2.45, 2.75) is 43.9 Å². The molecule has 1 saturated heterocycles. The van der Waals surface area contributed by atoms with Gasteiger partial charge < -0.3 is 0 Å². The van der Waals surface area contributed by atoms with Crippen LogP contribution < -0.4 is 5.32 Å². The molecule has 1 aromatic heterocycles. The van der Waals surface area contributed by atoms with Gasteiger partial charge in [-0.15, -0.1) is 11.3 Å². The summed E-state index contributed by atoms with van der Waals surface area (Å²) in [6, 6.07) is 6.20. The summed E-state index contributed by atoms with van der Waals surface area (Å²) in [5.74, 6) is -0.0692. The third-order valence-electron chi connectivity index (χ3n) is 4.38. The number of hydrogen-bond donors (Lipinski definition) is 1. The molecule has 1 aliphatic heterocycles. The van der Waals surface area contributed by atoms with Gasteiger partial charge in [-0.1, -0.05) is 26.3 Å². The number of nitrogens with one attached hydrogen (secondary N) is 1. The third kappa shape index (κ3) is 4.13. The molecule has 0 bridgehead atoms. The van der Waals surface area contributed by atoms with E-state index in [-0.39, 0.29) is 16.7 Å². The number of piperidine rings is 1. The van der Waals surface area contributed by atoms with Gasteiger partial charge in [-0.25, -0.2) is 13.4 Å². The van der Waals surface area contributed by atoms with Gasteiger partial charge in [0.2, 0.25) is 10.0 Å². The number of aromatic nitrogens is 1. The van der Waals surface area contributed by atoms with Crippen LogP contribution in [0.2, 0.25) is 0 Å². The fourth-order valence-electron chi connectivity index (χ4n) is 2.83. The highest BCUT2D eigenvalue weighted by atomic mass is 32.2. The van der Waals surface area contributed by atoms with E-state index < -0.39 is 10.0 Å². The summed E-state index contributed by atoms with van der Waals surface area (Å²) in [4.78, 5) is 17.0. The predicted molar refractivity (Wildman–Crippen MR) is 103 cm³/mol. The minimum absolute atomic E-state index is 0.161. The van der Waals surface area contributed by atoms with Gasteiger partial charge >= 0.3 is 0 Å². The summed E-state index contributed by atoms with van der Waals surface area (Å²) in [6.07, 6.45) is 2.81. The van der Waals surface area contributed by atoms with Gasteiger partial charge in [0, 0.05) is 24.0 Å². The van der Waals surface area contributed by atoms with Crippen molar-refractivity contribution < 1.29 is 13.2 Å². The van der Waals surface area contributed by atoms with Crippen LogP contribution in [-0.2, 0) is 10.0 Å². The SMILES string of the molecule is CC(C)c1csc(NC(=O)c2cccc(S(=O)(=O)N3CCCCC3)c2)n1. The summed E-state index contributed by atoms with van der Waals surface area (Å²) in [6.45, 7) is 5.15. The fourth-order valence-corrected chi connectivity index (χ4v) is 5.26. The average molecular weight is 394 g/mol. The number of thiazole rings is 1. The average Bonchev–Trinajstić information content (AvgIpc) is 3.11. The van der Waals surface area contributed by atoms with Gasteiger partial charge in [-0.05, 0) is 37.0 Å². The standard InChI is InChI=1S/C18H23N3O3S2/c1-13(2)16-12-25-18(19-16)20-17(22)14-7-6-8-15(11-14)26(23,24)21-9-4-3-5-10-21/h6-8,11-13H,3-5,9-10H2,1-2H3,(H,19,20,22). The van der Waals surface area contributed by atoms with Crippen LogP contribution in [0.15, 0.2) is 34.5 Å². The zero-order valence-corrected chi connectivity index (χ0v) is 16.6. The molecule has 0 atom stereocenters. The Hall–Kier alpha value is -1.77. The van der Waals surface area contributed by atoms with Crippen molar-refractivity contribution in [3.05, 3.63) is 40.9 Å². The van der Waals surface area contributed by atoms with Crippen molar-refractivity contribution in [3.63, 3.8) is 0 Å². The van der Waals surface area contributed by atoms with Crippen LogP contribution in [0.25, 0.3) is 0 Å². The van der Waals surface area contributed by atoms with Crippen molar-refractivity contribution in [1.29, 1.82) is 0 Å². The molecule has 1 aromatic carbocycles. The van der Waals surface area contributed by atoms with Crippen molar-refractivity contribution in [2.24, 2.45) is 0 Å². The van der Waals surface area contributed by atoms with E-state index in [2.05, 4.69) is 10.3 Å². The second kappa shape index (κ2) is 7.85. The largest absolute Gasteiger partial charge is 0.298 e. The van der Waals surface area contributed by atoms with Gasteiger partial charge in [-0.3, -0.25) is 10.1 Å². The van der Waals surface area contributed by atoms with Crippen molar-refractivity contribution in [2.75, 3.05) is 18.4 Å². The summed E-state index contributed by atoms with van der Waals surface area (Å²) >= 11 is 1.36. The highest BCUT2D eigenvalue weighted by Gasteiger charge is 2.26. The van der Waals surface area contributed by atoms with E-state index in [4.69, 9.17) is 0 Å². The Morgan fingerprint density at radius 1 is 1.23 bits per heavy atom. The van der Waals surface area contributed by atoms with E-state index in [0.717, 1.165) is 25.0 Å². The first-order valence-corrected chi connectivity index (χ1v) is 11.1. The normalized spacial score (nSPS) is 16.0. The first kappa shape index (κ1) is 19.0. The van der Waals surface area contributed by atoms with Gasteiger partial charge in [0.05, 0.1) is 10.6 Å². The molecule has 0 saturated carbocycles. The monoisotopic (exact) mass is 393 g/mol. The number of anilines is 1. The highest BCUT2D eigenvalue weighted by molar-refractivity contribution is 7.89. The van der Waals surface area contributed by atoms with Crippen LogP contribution in [0.3, 0.4) is 0 Å². The van der Waals surface area contributed by atoms with Gasteiger partial charge in [0.1, 0.15) is 0 Å². The van der Waals surface area contributed by atoms with Crippen LogP contribution >= 0.6 is 11.3 Å². The van der Waals surface area contributed by atoms with E-state index in [1.165, 1.54) is 21.7 Å². The summed E-state index contributed by atoms with van der Waals surface area (Å²) in [7, 11) is -3.56. The minimum Gasteiger partial charge on any atom is -0.298 e. The summed E-state index contributed by atoms with van der Waals surface area (Å²) in [5.41, 5.74) is 1.23. The number of benzene rings is 1. The second-order valence-corrected chi connectivity index (χ2v) is 9.47. The lowest BCUT2D eigenvalue weighted by Gasteiger charge is -2.26. The summed E-state index contributed by atoms with van der Waals surface area (Å²) in [5, 5.41) is 5.18. The quantitative estimate of drug-likeness (QED) is 0.840. The topological polar surface area (TPSA) is 79.4 Å². The molecule has 1 aliphatic rings. The maximum absolute atomic E-state index is 12.8. The van der Waals surface area contributed by atoms with E-state index in [9.17, 15) is 13.2 Å².